The molecule has 0 N–H and O–H groups in total. The highest BCUT2D eigenvalue weighted by atomic mass is 16.5. The summed E-state index contributed by atoms with van der Waals surface area (Å²) in [4.78, 5) is 28.6. The molecule has 1 atom stereocenters. The van der Waals surface area contributed by atoms with Crippen molar-refractivity contribution in [1.29, 1.82) is 0 Å². The second kappa shape index (κ2) is 7.68. The number of benzene rings is 1. The first-order chi connectivity index (χ1) is 12.4. The van der Waals surface area contributed by atoms with E-state index in [9.17, 15) is 9.59 Å². The summed E-state index contributed by atoms with van der Waals surface area (Å²) in [5.74, 6) is 1.71. The van der Waals surface area contributed by atoms with Crippen LogP contribution in [0.3, 0.4) is 0 Å². The van der Waals surface area contributed by atoms with Crippen LogP contribution in [0.15, 0.2) is 18.2 Å². The Hall–Kier alpha value is -2.04. The Kier molecular flexibility index (Phi) is 5.54. The summed E-state index contributed by atoms with van der Waals surface area (Å²) < 4.78 is 6.00. The Morgan fingerprint density at radius 3 is 2.23 bits per heavy atom. The van der Waals surface area contributed by atoms with Crippen LogP contribution >= 0.6 is 0 Å². The maximum atomic E-state index is 12.8. The molecule has 1 aliphatic heterocycles. The predicted octanol–water partition coefficient (Wildman–Crippen LogP) is 2.97. The third-order valence-corrected chi connectivity index (χ3v) is 5.36. The van der Waals surface area contributed by atoms with Crippen molar-refractivity contribution in [2.45, 2.75) is 52.6 Å². The maximum Gasteiger partial charge on any atom is 0.263 e. The molecule has 0 spiro atoms. The molecule has 5 heteroatoms. The smallest absolute Gasteiger partial charge is 0.263 e. The van der Waals surface area contributed by atoms with E-state index in [1.54, 1.807) is 0 Å². The molecule has 1 saturated heterocycles. The van der Waals surface area contributed by atoms with Crippen LogP contribution in [0.4, 0.5) is 0 Å². The Balaban J connectivity index is 1.57. The molecule has 0 radical (unpaired) electrons. The zero-order valence-corrected chi connectivity index (χ0v) is 16.3. The third kappa shape index (κ3) is 4.19. The molecule has 2 fully saturated rings. The highest BCUT2D eigenvalue weighted by Gasteiger charge is 2.35. The van der Waals surface area contributed by atoms with Gasteiger partial charge in [-0.3, -0.25) is 9.59 Å². The Morgan fingerprint density at radius 1 is 1.04 bits per heavy atom. The first-order valence-corrected chi connectivity index (χ1v) is 9.71. The van der Waals surface area contributed by atoms with Gasteiger partial charge in [0.2, 0.25) is 5.91 Å². The monoisotopic (exact) mass is 358 g/mol. The molecule has 142 valence electrons. The zero-order valence-electron chi connectivity index (χ0n) is 16.3. The minimum absolute atomic E-state index is 0.00197. The highest BCUT2D eigenvalue weighted by Crippen LogP contribution is 2.31. The summed E-state index contributed by atoms with van der Waals surface area (Å²) in [7, 11) is 0. The lowest BCUT2D eigenvalue weighted by Crippen LogP contribution is -2.53. The van der Waals surface area contributed by atoms with Crippen molar-refractivity contribution in [3.63, 3.8) is 0 Å². The van der Waals surface area contributed by atoms with Gasteiger partial charge in [-0.05, 0) is 49.8 Å². The van der Waals surface area contributed by atoms with Gasteiger partial charge in [0.1, 0.15) is 5.75 Å². The van der Waals surface area contributed by atoms with E-state index >= 15 is 0 Å². The molecular formula is C21H30N2O3. The number of amides is 2. The van der Waals surface area contributed by atoms with Crippen molar-refractivity contribution in [2.75, 3.05) is 26.2 Å². The number of carbonyl (C=O) groups excluding carboxylic acids is 2. The van der Waals surface area contributed by atoms with Crippen LogP contribution in [0.2, 0.25) is 0 Å². The third-order valence-electron chi connectivity index (χ3n) is 5.36. The number of hydrogen-bond acceptors (Lipinski definition) is 3. The first-order valence-electron chi connectivity index (χ1n) is 9.71. The number of aryl methyl sites for hydroxylation is 1. The summed E-state index contributed by atoms with van der Waals surface area (Å²) in [5.41, 5.74) is 2.24. The van der Waals surface area contributed by atoms with Crippen LogP contribution in [0.1, 0.15) is 50.7 Å². The minimum atomic E-state index is -0.526. The lowest BCUT2D eigenvalue weighted by atomic mass is 10.0. The fourth-order valence-corrected chi connectivity index (χ4v) is 3.34. The van der Waals surface area contributed by atoms with Crippen LogP contribution in [-0.4, -0.2) is 53.9 Å². The van der Waals surface area contributed by atoms with Gasteiger partial charge in [0.15, 0.2) is 6.10 Å². The van der Waals surface area contributed by atoms with Crippen LogP contribution in [0, 0.1) is 12.8 Å². The lowest BCUT2D eigenvalue weighted by molar-refractivity contribution is -0.144. The largest absolute Gasteiger partial charge is 0.481 e. The zero-order chi connectivity index (χ0) is 18.8. The summed E-state index contributed by atoms with van der Waals surface area (Å²) in [6, 6.07) is 6.19. The standard InChI is InChI=1S/C21H30N2O3/c1-14(2)18-6-5-15(3)19(13-18)26-16(4)20(24)22-9-11-23(12-10-22)21(25)17-7-8-17/h5-6,13-14,16-17H,7-12H2,1-4H3. The van der Waals surface area contributed by atoms with E-state index in [0.29, 0.717) is 32.1 Å². The lowest BCUT2D eigenvalue weighted by Gasteiger charge is -2.36. The second-order valence-electron chi connectivity index (χ2n) is 7.86. The van der Waals surface area contributed by atoms with Gasteiger partial charge >= 0.3 is 0 Å². The number of rotatable bonds is 5. The van der Waals surface area contributed by atoms with Crippen molar-refractivity contribution in [3.8, 4) is 5.75 Å². The fourth-order valence-electron chi connectivity index (χ4n) is 3.34. The van der Waals surface area contributed by atoms with E-state index in [4.69, 9.17) is 4.74 Å². The molecule has 0 aromatic heterocycles. The van der Waals surface area contributed by atoms with E-state index in [1.807, 2.05) is 35.8 Å². The molecule has 5 nitrogen and oxygen atoms in total. The van der Waals surface area contributed by atoms with Crippen molar-refractivity contribution >= 4 is 11.8 Å². The van der Waals surface area contributed by atoms with Gasteiger partial charge in [0, 0.05) is 32.1 Å². The molecule has 3 rings (SSSR count). The predicted molar refractivity (Wildman–Crippen MR) is 101 cm³/mol. The molecular weight excluding hydrogens is 328 g/mol. The van der Waals surface area contributed by atoms with Gasteiger partial charge < -0.3 is 14.5 Å². The van der Waals surface area contributed by atoms with Crippen molar-refractivity contribution in [3.05, 3.63) is 29.3 Å². The van der Waals surface area contributed by atoms with E-state index in [-0.39, 0.29) is 17.7 Å². The van der Waals surface area contributed by atoms with Gasteiger partial charge in [-0.15, -0.1) is 0 Å². The topological polar surface area (TPSA) is 49.9 Å². The van der Waals surface area contributed by atoms with Crippen molar-refractivity contribution < 1.29 is 14.3 Å². The van der Waals surface area contributed by atoms with Crippen molar-refractivity contribution in [1.82, 2.24) is 9.80 Å². The molecule has 1 aromatic carbocycles. The number of ether oxygens (including phenoxy) is 1. The van der Waals surface area contributed by atoms with Crippen LogP contribution in [0.5, 0.6) is 5.75 Å². The van der Waals surface area contributed by atoms with Gasteiger partial charge in [-0.2, -0.15) is 0 Å². The first kappa shape index (κ1) is 18.7. The summed E-state index contributed by atoms with van der Waals surface area (Å²) in [6.45, 7) is 10.6. The van der Waals surface area contributed by atoms with Crippen molar-refractivity contribution in [2.24, 2.45) is 5.92 Å². The molecule has 1 unspecified atom stereocenters. The number of hydrogen-bond donors (Lipinski definition) is 0. The average Bonchev–Trinajstić information content (AvgIpc) is 3.47. The maximum absolute atomic E-state index is 12.8. The van der Waals surface area contributed by atoms with Crippen LogP contribution in [-0.2, 0) is 9.59 Å². The fraction of sp³-hybridized carbons (Fsp3) is 0.619. The minimum Gasteiger partial charge on any atom is -0.481 e. The van der Waals surface area contributed by atoms with E-state index < -0.39 is 6.10 Å². The van der Waals surface area contributed by atoms with E-state index in [2.05, 4.69) is 19.9 Å². The van der Waals surface area contributed by atoms with E-state index in [0.717, 1.165) is 24.2 Å². The molecule has 1 aliphatic carbocycles. The van der Waals surface area contributed by atoms with Gasteiger partial charge in [0.25, 0.3) is 5.91 Å². The SMILES string of the molecule is Cc1ccc(C(C)C)cc1OC(C)C(=O)N1CCN(C(=O)C2CC2)CC1. The molecule has 1 saturated carbocycles. The van der Waals surface area contributed by atoms with Gasteiger partial charge in [-0.1, -0.05) is 26.0 Å². The Morgan fingerprint density at radius 2 is 1.65 bits per heavy atom. The summed E-state index contributed by atoms with van der Waals surface area (Å²) >= 11 is 0. The van der Waals surface area contributed by atoms with E-state index in [1.165, 1.54) is 5.56 Å². The molecule has 26 heavy (non-hydrogen) atoms. The van der Waals surface area contributed by atoms with Gasteiger partial charge in [-0.25, -0.2) is 0 Å². The average molecular weight is 358 g/mol. The quantitative estimate of drug-likeness (QED) is 0.813. The molecule has 1 aromatic rings. The summed E-state index contributed by atoms with van der Waals surface area (Å²) in [6.07, 6.45) is 1.52. The van der Waals surface area contributed by atoms with Crippen LogP contribution in [0.25, 0.3) is 0 Å². The molecule has 2 amide bonds. The summed E-state index contributed by atoms with van der Waals surface area (Å²) in [5, 5.41) is 0. The van der Waals surface area contributed by atoms with Crippen LogP contribution < -0.4 is 4.74 Å². The number of carbonyl (C=O) groups is 2. The second-order valence-corrected chi connectivity index (χ2v) is 7.86. The number of nitrogens with zero attached hydrogens (tertiary/aromatic N) is 2. The molecule has 2 aliphatic rings. The normalized spacial score (nSPS) is 18.8. The molecule has 1 heterocycles. The Labute approximate surface area is 156 Å². The number of piperazine rings is 1. The molecule has 0 bridgehead atoms. The Bertz CT molecular complexity index is 674. The van der Waals surface area contributed by atoms with Gasteiger partial charge in [0.05, 0.1) is 0 Å². The highest BCUT2D eigenvalue weighted by molar-refractivity contribution is 5.83.